The molecule has 0 amide bonds. The van der Waals surface area contributed by atoms with Crippen LogP contribution in [0, 0.1) is 0 Å². The van der Waals surface area contributed by atoms with Crippen molar-refractivity contribution < 1.29 is 9.53 Å². The Balaban J connectivity index is 1.89. The van der Waals surface area contributed by atoms with Gasteiger partial charge in [-0.15, -0.1) is 0 Å². The maximum Gasteiger partial charge on any atom is 0.324 e. The summed E-state index contributed by atoms with van der Waals surface area (Å²) in [5.41, 5.74) is 0. The molecule has 2 aliphatic heterocycles. The molecule has 0 aliphatic carbocycles. The van der Waals surface area contributed by atoms with Crippen LogP contribution in [0.25, 0.3) is 0 Å². The van der Waals surface area contributed by atoms with Crippen LogP contribution in [-0.4, -0.2) is 73.7 Å². The molecule has 0 radical (unpaired) electrons. The van der Waals surface area contributed by atoms with Gasteiger partial charge in [0, 0.05) is 19.1 Å². The van der Waals surface area contributed by atoms with Gasteiger partial charge in [-0.05, 0) is 52.4 Å². The van der Waals surface area contributed by atoms with E-state index in [1.165, 1.54) is 32.4 Å². The van der Waals surface area contributed by atoms with Gasteiger partial charge in [0.05, 0.1) is 6.61 Å². The average Bonchev–Trinajstić information content (AvgIpc) is 2.77. The summed E-state index contributed by atoms with van der Waals surface area (Å²) in [6, 6.07) is 0.509. The molecule has 2 fully saturated rings. The molecule has 5 nitrogen and oxygen atoms in total. The van der Waals surface area contributed by atoms with E-state index in [1.54, 1.807) is 0 Å². The molecule has 2 heterocycles. The van der Waals surface area contributed by atoms with Crippen LogP contribution in [0.5, 0.6) is 0 Å². The monoisotopic (exact) mass is 283 g/mol. The summed E-state index contributed by atoms with van der Waals surface area (Å²) in [6.07, 6.45) is 3.84. The highest BCUT2D eigenvalue weighted by Crippen LogP contribution is 2.21. The molecule has 2 rings (SSSR count). The Morgan fingerprint density at radius 3 is 2.85 bits per heavy atom. The average molecular weight is 283 g/mol. The number of carbonyl (C=O) groups is 1. The highest BCUT2D eigenvalue weighted by molar-refractivity contribution is 5.76. The van der Waals surface area contributed by atoms with Gasteiger partial charge >= 0.3 is 5.97 Å². The zero-order chi connectivity index (χ0) is 14.4. The van der Waals surface area contributed by atoms with Gasteiger partial charge in [-0.1, -0.05) is 6.92 Å². The van der Waals surface area contributed by atoms with Crippen molar-refractivity contribution in [1.82, 2.24) is 15.1 Å². The minimum atomic E-state index is -0.187. The molecule has 116 valence electrons. The molecule has 2 atom stereocenters. The maximum atomic E-state index is 12.0. The Morgan fingerprint density at radius 2 is 2.10 bits per heavy atom. The normalized spacial score (nSPS) is 26.0. The van der Waals surface area contributed by atoms with E-state index in [0.29, 0.717) is 12.6 Å². The van der Waals surface area contributed by atoms with Gasteiger partial charge in [-0.2, -0.15) is 0 Å². The van der Waals surface area contributed by atoms with Crippen molar-refractivity contribution in [2.24, 2.45) is 0 Å². The van der Waals surface area contributed by atoms with Gasteiger partial charge in [0.25, 0.3) is 0 Å². The van der Waals surface area contributed by atoms with Crippen LogP contribution in [-0.2, 0) is 9.53 Å². The third-order valence-corrected chi connectivity index (χ3v) is 4.35. The van der Waals surface area contributed by atoms with Crippen LogP contribution in [0.15, 0.2) is 0 Å². The van der Waals surface area contributed by atoms with Crippen molar-refractivity contribution in [3.63, 3.8) is 0 Å². The van der Waals surface area contributed by atoms with Crippen LogP contribution in [0.2, 0.25) is 0 Å². The summed E-state index contributed by atoms with van der Waals surface area (Å²) in [7, 11) is 0. The van der Waals surface area contributed by atoms with Crippen molar-refractivity contribution in [3.05, 3.63) is 0 Å². The maximum absolute atomic E-state index is 12.0. The van der Waals surface area contributed by atoms with E-state index in [9.17, 15) is 4.79 Å². The van der Waals surface area contributed by atoms with E-state index in [4.69, 9.17) is 4.74 Å². The summed E-state index contributed by atoms with van der Waals surface area (Å²) < 4.78 is 5.18. The predicted molar refractivity (Wildman–Crippen MR) is 79.7 cm³/mol. The topological polar surface area (TPSA) is 44.8 Å². The summed E-state index contributed by atoms with van der Waals surface area (Å²) in [5, 5.41) is 3.26. The van der Waals surface area contributed by atoms with Crippen molar-refractivity contribution in [2.75, 3.05) is 45.9 Å². The first-order chi connectivity index (χ1) is 9.74. The number of fused-ring (bicyclic) bond motifs is 1. The van der Waals surface area contributed by atoms with Gasteiger partial charge in [0.1, 0.15) is 6.04 Å². The number of nitrogens with zero attached hydrogens (tertiary/aromatic N) is 2. The lowest BCUT2D eigenvalue weighted by atomic mass is 10.2. The molecule has 0 spiro atoms. The van der Waals surface area contributed by atoms with Crippen LogP contribution < -0.4 is 5.32 Å². The molecule has 2 saturated heterocycles. The Labute approximate surface area is 122 Å². The molecular formula is C15H29N3O2. The van der Waals surface area contributed by atoms with Gasteiger partial charge in [0.15, 0.2) is 0 Å². The van der Waals surface area contributed by atoms with Crippen molar-refractivity contribution in [2.45, 2.75) is 45.2 Å². The van der Waals surface area contributed by atoms with E-state index in [1.807, 2.05) is 13.8 Å². The van der Waals surface area contributed by atoms with Gasteiger partial charge in [0.2, 0.25) is 0 Å². The van der Waals surface area contributed by atoms with Crippen LogP contribution >= 0.6 is 0 Å². The van der Waals surface area contributed by atoms with Crippen molar-refractivity contribution in [3.8, 4) is 0 Å². The molecule has 5 heteroatoms. The molecular weight excluding hydrogens is 254 g/mol. The molecule has 20 heavy (non-hydrogen) atoms. The quantitative estimate of drug-likeness (QED) is 0.727. The number of esters is 1. The van der Waals surface area contributed by atoms with Crippen molar-refractivity contribution in [1.29, 1.82) is 0 Å². The van der Waals surface area contributed by atoms with E-state index in [0.717, 1.165) is 26.2 Å². The van der Waals surface area contributed by atoms with Crippen molar-refractivity contribution >= 4 is 5.97 Å². The molecule has 0 bridgehead atoms. The SMILES string of the molecule is CCNC(CN1CCCN2CCCC2C1)C(=O)OCC. The number of ether oxygens (including phenoxy) is 1. The number of nitrogens with one attached hydrogen (secondary N) is 1. The minimum Gasteiger partial charge on any atom is -0.465 e. The zero-order valence-electron chi connectivity index (χ0n) is 12.9. The standard InChI is InChI=1S/C15H29N3O2/c1-3-16-14(15(19)20-4-2)12-17-8-6-10-18-9-5-7-13(18)11-17/h13-14,16H,3-12H2,1-2H3. The third kappa shape index (κ3) is 4.17. The highest BCUT2D eigenvalue weighted by Gasteiger charge is 2.30. The minimum absolute atomic E-state index is 0.109. The highest BCUT2D eigenvalue weighted by atomic mass is 16.5. The fourth-order valence-electron chi connectivity index (χ4n) is 3.42. The second-order valence-electron chi connectivity index (χ2n) is 5.81. The van der Waals surface area contributed by atoms with Crippen LogP contribution in [0.1, 0.15) is 33.1 Å². The number of rotatable bonds is 6. The van der Waals surface area contributed by atoms with Crippen LogP contribution in [0.4, 0.5) is 0 Å². The summed E-state index contributed by atoms with van der Waals surface area (Å²) in [6.45, 7) is 10.6. The molecule has 2 unspecified atom stereocenters. The summed E-state index contributed by atoms with van der Waals surface area (Å²) in [5.74, 6) is -0.109. The lowest BCUT2D eigenvalue weighted by molar-refractivity contribution is -0.146. The lowest BCUT2D eigenvalue weighted by Crippen LogP contribution is -2.48. The van der Waals surface area contributed by atoms with Gasteiger partial charge in [-0.25, -0.2) is 0 Å². The largest absolute Gasteiger partial charge is 0.465 e. The van der Waals surface area contributed by atoms with Gasteiger partial charge in [-0.3, -0.25) is 14.6 Å². The molecule has 1 N–H and O–H groups in total. The number of hydrogen-bond acceptors (Lipinski definition) is 5. The fourth-order valence-corrected chi connectivity index (χ4v) is 3.42. The van der Waals surface area contributed by atoms with Gasteiger partial charge < -0.3 is 10.1 Å². The van der Waals surface area contributed by atoms with E-state index in [2.05, 4.69) is 15.1 Å². The predicted octanol–water partition coefficient (Wildman–Crippen LogP) is 0.698. The summed E-state index contributed by atoms with van der Waals surface area (Å²) in [4.78, 5) is 17.1. The Morgan fingerprint density at radius 1 is 1.30 bits per heavy atom. The molecule has 0 saturated carbocycles. The second-order valence-corrected chi connectivity index (χ2v) is 5.81. The van der Waals surface area contributed by atoms with Crippen LogP contribution in [0.3, 0.4) is 0 Å². The smallest absolute Gasteiger partial charge is 0.324 e. The summed E-state index contributed by atoms with van der Waals surface area (Å²) >= 11 is 0. The molecule has 0 aromatic heterocycles. The lowest BCUT2D eigenvalue weighted by Gasteiger charge is -2.28. The Hall–Kier alpha value is -0.650. The number of carbonyl (C=O) groups excluding carboxylic acids is 1. The molecule has 0 aromatic carbocycles. The number of hydrogen-bond donors (Lipinski definition) is 1. The first kappa shape index (κ1) is 15.7. The fraction of sp³-hybridized carbons (Fsp3) is 0.933. The number of likely N-dealkylation sites (N-methyl/N-ethyl adjacent to an activating group) is 1. The van der Waals surface area contributed by atoms with E-state index >= 15 is 0 Å². The molecule has 2 aliphatic rings. The Kier molecular flexibility index (Phi) is 6.26. The molecule has 0 aromatic rings. The first-order valence-corrected chi connectivity index (χ1v) is 8.11. The van der Waals surface area contributed by atoms with E-state index in [-0.39, 0.29) is 12.0 Å². The van der Waals surface area contributed by atoms with E-state index < -0.39 is 0 Å². The second kappa shape index (κ2) is 7.96. The Bertz CT molecular complexity index is 311. The third-order valence-electron chi connectivity index (χ3n) is 4.35. The zero-order valence-corrected chi connectivity index (χ0v) is 12.9. The first-order valence-electron chi connectivity index (χ1n) is 8.11.